The monoisotopic (exact) mass is 214 g/mol. The molecule has 0 saturated heterocycles. The second kappa shape index (κ2) is 5.86. The smallest absolute Gasteiger partial charge is 0.0577 e. The van der Waals surface area contributed by atoms with Crippen molar-refractivity contribution in [3.05, 3.63) is 0 Å². The Morgan fingerprint density at radius 2 is 1.13 bits per heavy atom. The van der Waals surface area contributed by atoms with E-state index in [1.165, 1.54) is 0 Å². The molecule has 15 heavy (non-hydrogen) atoms. The highest BCUT2D eigenvalue weighted by Crippen LogP contribution is 2.13. The average molecular weight is 214 g/mol. The van der Waals surface area contributed by atoms with E-state index in [0.717, 1.165) is 19.3 Å². The van der Waals surface area contributed by atoms with Crippen LogP contribution in [0.3, 0.4) is 0 Å². The maximum Gasteiger partial charge on any atom is 0.0577 e. The van der Waals surface area contributed by atoms with Crippen LogP contribution in [0.25, 0.3) is 0 Å². The second-order valence-corrected chi connectivity index (χ2v) is 5.72. The van der Waals surface area contributed by atoms with Crippen molar-refractivity contribution in [2.24, 2.45) is 0 Å². The lowest BCUT2D eigenvalue weighted by Gasteiger charge is -2.36. The molecule has 0 atom stereocenters. The summed E-state index contributed by atoms with van der Waals surface area (Å²) in [6.07, 6.45) is 3.83. The minimum absolute atomic E-state index is 0.220. The van der Waals surface area contributed by atoms with Gasteiger partial charge in [-0.05, 0) is 47.0 Å². The van der Waals surface area contributed by atoms with Gasteiger partial charge in [-0.25, -0.2) is 0 Å². The molecule has 2 nitrogen and oxygen atoms in total. The maximum absolute atomic E-state index is 3.67. The number of nitrogens with one attached hydrogen (secondary N) is 2. The van der Waals surface area contributed by atoms with Crippen molar-refractivity contribution in [3.8, 4) is 0 Å². The van der Waals surface area contributed by atoms with Crippen molar-refractivity contribution >= 4 is 0 Å². The maximum atomic E-state index is 3.67. The largest absolute Gasteiger partial charge is 0.297 e. The molecule has 0 aromatic heterocycles. The highest BCUT2D eigenvalue weighted by atomic mass is 15.2. The van der Waals surface area contributed by atoms with E-state index in [1.807, 2.05) is 0 Å². The molecule has 0 rings (SSSR count). The number of rotatable bonds is 7. The summed E-state index contributed by atoms with van der Waals surface area (Å²) in [5, 5.41) is 7.34. The average Bonchev–Trinajstić information content (AvgIpc) is 2.16. The van der Waals surface area contributed by atoms with Crippen LogP contribution in [-0.4, -0.2) is 17.2 Å². The first-order valence-corrected chi connectivity index (χ1v) is 6.31. The number of hydrogen-bond donors (Lipinski definition) is 2. The Kier molecular flexibility index (Phi) is 5.82. The van der Waals surface area contributed by atoms with Gasteiger partial charge >= 0.3 is 0 Å². The van der Waals surface area contributed by atoms with Gasteiger partial charge in [0, 0.05) is 11.1 Å². The van der Waals surface area contributed by atoms with E-state index < -0.39 is 0 Å². The molecule has 0 saturated carbocycles. The third-order valence-electron chi connectivity index (χ3n) is 3.31. The summed E-state index contributed by atoms with van der Waals surface area (Å²) in [4.78, 5) is 0. The summed E-state index contributed by atoms with van der Waals surface area (Å²) in [6.45, 7) is 15.7. The van der Waals surface area contributed by atoms with Crippen LogP contribution in [0, 0.1) is 0 Å². The zero-order chi connectivity index (χ0) is 12.1. The van der Waals surface area contributed by atoms with Crippen LogP contribution in [0.15, 0.2) is 0 Å². The highest BCUT2D eigenvalue weighted by molar-refractivity contribution is 4.84. The third kappa shape index (κ3) is 6.16. The SMILES string of the molecule is CCC(NC(C)(C)CC)NC(C)(C)CC. The molecule has 0 aliphatic carbocycles. The Morgan fingerprint density at radius 3 is 1.33 bits per heavy atom. The fourth-order valence-electron chi connectivity index (χ4n) is 1.39. The zero-order valence-electron chi connectivity index (χ0n) is 11.7. The molecule has 0 radical (unpaired) electrons. The van der Waals surface area contributed by atoms with Crippen molar-refractivity contribution in [3.63, 3.8) is 0 Å². The lowest BCUT2D eigenvalue weighted by Crippen LogP contribution is -2.57. The Labute approximate surface area is 96.2 Å². The van der Waals surface area contributed by atoms with Gasteiger partial charge in [-0.2, -0.15) is 0 Å². The van der Waals surface area contributed by atoms with E-state index in [4.69, 9.17) is 0 Å². The van der Waals surface area contributed by atoms with E-state index in [9.17, 15) is 0 Å². The normalized spacial score (nSPS) is 13.6. The highest BCUT2D eigenvalue weighted by Gasteiger charge is 2.23. The van der Waals surface area contributed by atoms with Crippen molar-refractivity contribution < 1.29 is 0 Å². The van der Waals surface area contributed by atoms with Gasteiger partial charge in [-0.15, -0.1) is 0 Å². The van der Waals surface area contributed by atoms with E-state index in [0.29, 0.717) is 6.17 Å². The molecule has 0 aliphatic rings. The van der Waals surface area contributed by atoms with Crippen molar-refractivity contribution in [1.82, 2.24) is 10.6 Å². The Bertz CT molecular complexity index is 155. The van der Waals surface area contributed by atoms with E-state index in [-0.39, 0.29) is 11.1 Å². The molecular weight excluding hydrogens is 184 g/mol. The van der Waals surface area contributed by atoms with Gasteiger partial charge in [-0.3, -0.25) is 10.6 Å². The lowest BCUT2D eigenvalue weighted by atomic mass is 9.98. The molecule has 2 heteroatoms. The van der Waals surface area contributed by atoms with Crippen LogP contribution >= 0.6 is 0 Å². The van der Waals surface area contributed by atoms with Gasteiger partial charge in [0.05, 0.1) is 6.17 Å². The van der Waals surface area contributed by atoms with Gasteiger partial charge in [0.15, 0.2) is 0 Å². The molecule has 0 spiro atoms. The first-order chi connectivity index (χ1) is 6.76. The molecule has 92 valence electrons. The Balaban J connectivity index is 4.27. The lowest BCUT2D eigenvalue weighted by molar-refractivity contribution is 0.229. The summed E-state index contributed by atoms with van der Waals surface area (Å²) in [6, 6.07) is 0. The predicted molar refractivity (Wildman–Crippen MR) is 69.1 cm³/mol. The molecular formula is C13H30N2. The molecule has 0 amide bonds. The Morgan fingerprint density at radius 1 is 0.800 bits per heavy atom. The van der Waals surface area contributed by atoms with Gasteiger partial charge in [0.1, 0.15) is 0 Å². The number of hydrogen-bond acceptors (Lipinski definition) is 2. The summed E-state index contributed by atoms with van der Waals surface area (Å²) in [5.74, 6) is 0. The molecule has 2 N–H and O–H groups in total. The molecule has 0 unspecified atom stereocenters. The fraction of sp³-hybridized carbons (Fsp3) is 1.00. The van der Waals surface area contributed by atoms with Crippen LogP contribution in [0.5, 0.6) is 0 Å². The van der Waals surface area contributed by atoms with Crippen LogP contribution < -0.4 is 10.6 Å². The first kappa shape index (κ1) is 14.9. The Hall–Kier alpha value is -0.0800. The summed E-state index contributed by atoms with van der Waals surface area (Å²) >= 11 is 0. The van der Waals surface area contributed by atoms with Crippen LogP contribution in [0.4, 0.5) is 0 Å². The van der Waals surface area contributed by atoms with Crippen LogP contribution in [0.1, 0.15) is 67.7 Å². The standard InChI is InChI=1S/C13H30N2/c1-8-11(14-12(4,5)9-2)15-13(6,7)10-3/h11,14-15H,8-10H2,1-7H3. The first-order valence-electron chi connectivity index (χ1n) is 6.31. The summed E-state index contributed by atoms with van der Waals surface area (Å²) in [7, 11) is 0. The molecule has 0 fully saturated rings. The zero-order valence-corrected chi connectivity index (χ0v) is 11.7. The third-order valence-corrected chi connectivity index (χ3v) is 3.31. The quantitative estimate of drug-likeness (QED) is 0.636. The summed E-state index contributed by atoms with van der Waals surface area (Å²) in [5.41, 5.74) is 0.439. The fourth-order valence-corrected chi connectivity index (χ4v) is 1.39. The molecule has 0 aliphatic heterocycles. The van der Waals surface area contributed by atoms with Crippen molar-refractivity contribution in [2.75, 3.05) is 0 Å². The van der Waals surface area contributed by atoms with E-state index in [2.05, 4.69) is 59.1 Å². The van der Waals surface area contributed by atoms with Gasteiger partial charge < -0.3 is 0 Å². The molecule has 0 aromatic rings. The van der Waals surface area contributed by atoms with Crippen LogP contribution in [0.2, 0.25) is 0 Å². The predicted octanol–water partition coefficient (Wildman–Crippen LogP) is 3.28. The van der Waals surface area contributed by atoms with Gasteiger partial charge in [-0.1, -0.05) is 20.8 Å². The van der Waals surface area contributed by atoms with Crippen molar-refractivity contribution in [1.29, 1.82) is 0 Å². The van der Waals surface area contributed by atoms with Crippen molar-refractivity contribution in [2.45, 2.75) is 85.0 Å². The molecule has 0 aromatic carbocycles. The topological polar surface area (TPSA) is 24.1 Å². The minimum Gasteiger partial charge on any atom is -0.297 e. The van der Waals surface area contributed by atoms with E-state index in [1.54, 1.807) is 0 Å². The van der Waals surface area contributed by atoms with Gasteiger partial charge in [0.2, 0.25) is 0 Å². The van der Waals surface area contributed by atoms with Crippen LogP contribution in [-0.2, 0) is 0 Å². The van der Waals surface area contributed by atoms with Gasteiger partial charge in [0.25, 0.3) is 0 Å². The second-order valence-electron chi connectivity index (χ2n) is 5.72. The minimum atomic E-state index is 0.220. The summed E-state index contributed by atoms with van der Waals surface area (Å²) < 4.78 is 0. The molecule has 0 bridgehead atoms. The van der Waals surface area contributed by atoms with E-state index >= 15 is 0 Å². The molecule has 0 heterocycles.